The lowest BCUT2D eigenvalue weighted by molar-refractivity contribution is 0.0997. The second kappa shape index (κ2) is 5.25. The van der Waals surface area contributed by atoms with Crippen LogP contribution in [0.15, 0.2) is 27.4 Å². The highest BCUT2D eigenvalue weighted by Gasteiger charge is 2.14. The normalized spacial score (nSPS) is 10.6. The summed E-state index contributed by atoms with van der Waals surface area (Å²) in [7, 11) is 0. The Kier molecular flexibility index (Phi) is 3.95. The quantitative estimate of drug-likeness (QED) is 0.756. The van der Waals surface area contributed by atoms with Gasteiger partial charge in [0.05, 0.1) is 4.88 Å². The minimum absolute atomic E-state index is 0.231. The van der Waals surface area contributed by atoms with Crippen molar-refractivity contribution in [2.45, 2.75) is 19.8 Å². The molecule has 0 saturated carbocycles. The third-order valence-corrected chi connectivity index (χ3v) is 5.32. The number of hydrogen-bond acceptors (Lipinski definition) is 3. The second-order valence-electron chi connectivity index (χ2n) is 3.42. The molecule has 0 N–H and O–H groups in total. The van der Waals surface area contributed by atoms with Crippen LogP contribution in [0.4, 0.5) is 0 Å². The molecular weight excluding hydrogens is 304 g/mol. The van der Waals surface area contributed by atoms with E-state index in [0.717, 1.165) is 20.6 Å². The van der Waals surface area contributed by atoms with Crippen LogP contribution in [0.5, 0.6) is 0 Å². The molecule has 2 rings (SSSR count). The van der Waals surface area contributed by atoms with Crippen LogP contribution in [0, 0.1) is 0 Å². The van der Waals surface area contributed by atoms with Gasteiger partial charge in [0.15, 0.2) is 5.78 Å². The van der Waals surface area contributed by atoms with Crippen molar-refractivity contribution in [3.05, 3.63) is 42.7 Å². The van der Waals surface area contributed by atoms with Crippen LogP contribution < -0.4 is 0 Å². The van der Waals surface area contributed by atoms with Crippen LogP contribution in [-0.4, -0.2) is 5.78 Å². The minimum atomic E-state index is 0.231. The van der Waals surface area contributed by atoms with Crippen molar-refractivity contribution in [2.75, 3.05) is 0 Å². The Balaban J connectivity index is 2.18. The van der Waals surface area contributed by atoms with Crippen LogP contribution in [0.1, 0.15) is 27.0 Å². The summed E-state index contributed by atoms with van der Waals surface area (Å²) in [6, 6.07) is 4.03. The number of aryl methyl sites for hydroxylation is 1. The largest absolute Gasteiger partial charge is 0.293 e. The summed E-state index contributed by atoms with van der Waals surface area (Å²) in [6.45, 7) is 2.08. The van der Waals surface area contributed by atoms with E-state index in [9.17, 15) is 4.79 Å². The maximum absolute atomic E-state index is 12.1. The van der Waals surface area contributed by atoms with Crippen molar-refractivity contribution in [1.82, 2.24) is 0 Å². The molecule has 0 aromatic carbocycles. The van der Waals surface area contributed by atoms with Crippen molar-refractivity contribution < 1.29 is 4.79 Å². The summed E-state index contributed by atoms with van der Waals surface area (Å²) in [5.74, 6) is 0.231. The molecule has 0 saturated heterocycles. The van der Waals surface area contributed by atoms with Crippen molar-refractivity contribution >= 4 is 44.4 Å². The fourth-order valence-electron chi connectivity index (χ4n) is 1.54. The fourth-order valence-corrected chi connectivity index (χ4v) is 3.96. The average molecular weight is 315 g/mol. The van der Waals surface area contributed by atoms with E-state index in [4.69, 9.17) is 0 Å². The predicted molar refractivity (Wildman–Crippen MR) is 73.8 cm³/mol. The molecule has 0 spiro atoms. The molecule has 0 aliphatic carbocycles. The Morgan fingerprint density at radius 1 is 1.31 bits per heavy atom. The summed E-state index contributed by atoms with van der Waals surface area (Å²) in [4.78, 5) is 14.1. The summed E-state index contributed by atoms with van der Waals surface area (Å²) >= 11 is 6.63. The van der Waals surface area contributed by atoms with Gasteiger partial charge in [-0.05, 0) is 50.8 Å². The molecule has 0 amide bonds. The molecule has 0 aliphatic rings. The van der Waals surface area contributed by atoms with Gasteiger partial charge in [0.1, 0.15) is 0 Å². The molecule has 2 heterocycles. The lowest BCUT2D eigenvalue weighted by atomic mass is 10.1. The highest BCUT2D eigenvalue weighted by molar-refractivity contribution is 9.10. The fraction of sp³-hybridized carbons (Fsp3) is 0.250. The van der Waals surface area contributed by atoms with Gasteiger partial charge in [-0.1, -0.05) is 6.92 Å². The van der Waals surface area contributed by atoms with Gasteiger partial charge in [-0.3, -0.25) is 4.79 Å². The van der Waals surface area contributed by atoms with E-state index < -0.39 is 0 Å². The monoisotopic (exact) mass is 314 g/mol. The molecule has 84 valence electrons. The van der Waals surface area contributed by atoms with Crippen LogP contribution in [0.3, 0.4) is 0 Å². The number of hydrogen-bond donors (Lipinski definition) is 0. The summed E-state index contributed by atoms with van der Waals surface area (Å²) in [5, 5.41) is 4.00. The SMILES string of the molecule is CCc1ccsc1C(=O)Cc1sccc1Br. The van der Waals surface area contributed by atoms with Crippen molar-refractivity contribution in [3.63, 3.8) is 0 Å². The summed E-state index contributed by atoms with van der Waals surface area (Å²) in [6.07, 6.45) is 1.43. The first kappa shape index (κ1) is 12.0. The smallest absolute Gasteiger partial charge is 0.178 e. The van der Waals surface area contributed by atoms with Gasteiger partial charge in [-0.25, -0.2) is 0 Å². The first-order valence-electron chi connectivity index (χ1n) is 5.03. The van der Waals surface area contributed by atoms with E-state index in [-0.39, 0.29) is 5.78 Å². The van der Waals surface area contributed by atoms with E-state index >= 15 is 0 Å². The first-order chi connectivity index (χ1) is 7.72. The summed E-state index contributed by atoms with van der Waals surface area (Å²) < 4.78 is 1.04. The van der Waals surface area contributed by atoms with Gasteiger partial charge < -0.3 is 0 Å². The van der Waals surface area contributed by atoms with E-state index in [1.807, 2.05) is 22.9 Å². The second-order valence-corrected chi connectivity index (χ2v) is 6.19. The molecule has 0 radical (unpaired) electrons. The third-order valence-electron chi connectivity index (χ3n) is 2.39. The van der Waals surface area contributed by atoms with Crippen LogP contribution >= 0.6 is 38.6 Å². The van der Waals surface area contributed by atoms with Crippen LogP contribution in [0.2, 0.25) is 0 Å². The molecule has 0 aliphatic heterocycles. The molecule has 16 heavy (non-hydrogen) atoms. The Morgan fingerprint density at radius 3 is 2.69 bits per heavy atom. The average Bonchev–Trinajstić information content (AvgIpc) is 2.87. The van der Waals surface area contributed by atoms with E-state index in [1.165, 1.54) is 5.56 Å². The molecule has 4 heteroatoms. The number of ketones is 1. The molecular formula is C12H11BrOS2. The van der Waals surface area contributed by atoms with Crippen molar-refractivity contribution in [2.24, 2.45) is 0 Å². The number of carbonyl (C=O) groups excluding carboxylic acids is 1. The van der Waals surface area contributed by atoms with E-state index in [2.05, 4.69) is 22.9 Å². The zero-order valence-electron chi connectivity index (χ0n) is 8.83. The summed E-state index contributed by atoms with van der Waals surface area (Å²) in [5.41, 5.74) is 1.17. The maximum atomic E-state index is 12.1. The van der Waals surface area contributed by atoms with Gasteiger partial charge >= 0.3 is 0 Å². The number of halogens is 1. The molecule has 0 atom stereocenters. The Bertz CT molecular complexity index is 499. The van der Waals surface area contributed by atoms with E-state index in [0.29, 0.717) is 6.42 Å². The van der Waals surface area contributed by atoms with Gasteiger partial charge in [-0.2, -0.15) is 0 Å². The third kappa shape index (κ3) is 2.44. The number of rotatable bonds is 4. The molecule has 2 aromatic heterocycles. The Morgan fingerprint density at radius 2 is 2.06 bits per heavy atom. The number of carbonyl (C=O) groups is 1. The van der Waals surface area contributed by atoms with Crippen LogP contribution in [-0.2, 0) is 12.8 Å². The van der Waals surface area contributed by atoms with Gasteiger partial charge in [0, 0.05) is 15.8 Å². The van der Waals surface area contributed by atoms with Gasteiger partial charge in [0.2, 0.25) is 0 Å². The number of thiophene rings is 2. The zero-order valence-corrected chi connectivity index (χ0v) is 12.0. The molecule has 1 nitrogen and oxygen atoms in total. The predicted octanol–water partition coefficient (Wildman–Crippen LogP) is 4.56. The van der Waals surface area contributed by atoms with E-state index in [1.54, 1.807) is 22.7 Å². The van der Waals surface area contributed by atoms with Crippen molar-refractivity contribution in [1.29, 1.82) is 0 Å². The molecule has 0 fully saturated rings. The topological polar surface area (TPSA) is 17.1 Å². The van der Waals surface area contributed by atoms with Gasteiger partial charge in [0.25, 0.3) is 0 Å². The minimum Gasteiger partial charge on any atom is -0.293 e. The highest BCUT2D eigenvalue weighted by atomic mass is 79.9. The highest BCUT2D eigenvalue weighted by Crippen LogP contribution is 2.26. The standard InChI is InChI=1S/C12H11BrOS2/c1-2-8-3-5-16-12(8)10(14)7-11-9(13)4-6-15-11/h3-6H,2,7H2,1H3. The maximum Gasteiger partial charge on any atom is 0.178 e. The molecule has 0 bridgehead atoms. The number of Topliss-reactive ketones (excluding diaryl/α,β-unsaturated/α-hetero) is 1. The Labute approximate surface area is 111 Å². The Hall–Kier alpha value is -0.450. The zero-order chi connectivity index (χ0) is 11.5. The molecule has 2 aromatic rings. The van der Waals surface area contributed by atoms with Crippen LogP contribution in [0.25, 0.3) is 0 Å². The lowest BCUT2D eigenvalue weighted by Gasteiger charge is -2.00. The first-order valence-corrected chi connectivity index (χ1v) is 7.59. The lowest BCUT2D eigenvalue weighted by Crippen LogP contribution is -2.02. The molecule has 0 unspecified atom stereocenters. The van der Waals surface area contributed by atoms with Crippen molar-refractivity contribution in [3.8, 4) is 0 Å². The van der Waals surface area contributed by atoms with Gasteiger partial charge in [-0.15, -0.1) is 22.7 Å².